The van der Waals surface area contributed by atoms with E-state index in [0.29, 0.717) is 6.04 Å². The summed E-state index contributed by atoms with van der Waals surface area (Å²) < 4.78 is 0. The van der Waals surface area contributed by atoms with Gasteiger partial charge in [0.1, 0.15) is 0 Å². The van der Waals surface area contributed by atoms with E-state index >= 15 is 0 Å². The Bertz CT molecular complexity index is 193. The van der Waals surface area contributed by atoms with Gasteiger partial charge in [-0.25, -0.2) is 0 Å². The number of nitrogens with one attached hydrogen (secondary N) is 1. The zero-order valence-corrected chi connectivity index (χ0v) is 9.42. The second-order valence-electron chi connectivity index (χ2n) is 4.91. The van der Waals surface area contributed by atoms with Crippen molar-refractivity contribution in [1.82, 2.24) is 5.32 Å². The van der Waals surface area contributed by atoms with Gasteiger partial charge in [0.05, 0.1) is 6.04 Å². The molecule has 14 heavy (non-hydrogen) atoms. The van der Waals surface area contributed by atoms with Crippen LogP contribution in [0.15, 0.2) is 0 Å². The van der Waals surface area contributed by atoms with Gasteiger partial charge in [-0.15, -0.1) is 0 Å². The highest BCUT2D eigenvalue weighted by Crippen LogP contribution is 2.28. The van der Waals surface area contributed by atoms with Crippen molar-refractivity contribution in [2.45, 2.75) is 52.1 Å². The van der Waals surface area contributed by atoms with Crippen molar-refractivity contribution < 1.29 is 4.79 Å². The number of hydrogen-bond acceptors (Lipinski definition) is 2. The van der Waals surface area contributed by atoms with Crippen molar-refractivity contribution in [3.63, 3.8) is 0 Å². The Balaban J connectivity index is 2.40. The molecule has 0 aromatic carbocycles. The lowest BCUT2D eigenvalue weighted by Crippen LogP contribution is -2.46. The third kappa shape index (κ3) is 3.29. The van der Waals surface area contributed by atoms with E-state index in [-0.39, 0.29) is 11.9 Å². The molecular weight excluding hydrogens is 176 g/mol. The molecule has 1 fully saturated rings. The predicted octanol–water partition coefficient (Wildman–Crippen LogP) is 1.27. The second kappa shape index (κ2) is 4.78. The van der Waals surface area contributed by atoms with Crippen LogP contribution < -0.4 is 11.1 Å². The lowest BCUT2D eigenvalue weighted by atomic mass is 9.80. The molecule has 82 valence electrons. The van der Waals surface area contributed by atoms with Gasteiger partial charge in [-0.3, -0.25) is 4.79 Å². The SMILES string of the molecule is CC1CC(C)CC(NC(=O)[C@H](C)N)C1. The Labute approximate surface area is 86.4 Å². The molecule has 0 heterocycles. The summed E-state index contributed by atoms with van der Waals surface area (Å²) in [6.45, 7) is 6.23. The zero-order chi connectivity index (χ0) is 10.7. The Morgan fingerprint density at radius 1 is 1.29 bits per heavy atom. The third-order valence-electron chi connectivity index (χ3n) is 2.94. The van der Waals surface area contributed by atoms with Crippen LogP contribution in [0.5, 0.6) is 0 Å². The Morgan fingerprint density at radius 2 is 1.79 bits per heavy atom. The number of rotatable bonds is 2. The van der Waals surface area contributed by atoms with Gasteiger partial charge >= 0.3 is 0 Å². The fraction of sp³-hybridized carbons (Fsp3) is 0.909. The van der Waals surface area contributed by atoms with Crippen molar-refractivity contribution in [1.29, 1.82) is 0 Å². The molecule has 3 N–H and O–H groups in total. The van der Waals surface area contributed by atoms with Crippen LogP contribution in [0.2, 0.25) is 0 Å². The molecule has 0 spiro atoms. The molecule has 3 heteroatoms. The van der Waals surface area contributed by atoms with Crippen molar-refractivity contribution >= 4 is 5.91 Å². The summed E-state index contributed by atoms with van der Waals surface area (Å²) in [4.78, 5) is 11.4. The first-order valence-corrected chi connectivity index (χ1v) is 5.55. The molecule has 1 amide bonds. The summed E-state index contributed by atoms with van der Waals surface area (Å²) in [6.07, 6.45) is 3.48. The minimum Gasteiger partial charge on any atom is -0.352 e. The van der Waals surface area contributed by atoms with Gasteiger partial charge in [-0.1, -0.05) is 13.8 Å². The van der Waals surface area contributed by atoms with Gasteiger partial charge in [-0.2, -0.15) is 0 Å². The number of carbonyl (C=O) groups excluding carboxylic acids is 1. The van der Waals surface area contributed by atoms with Gasteiger partial charge in [0, 0.05) is 6.04 Å². The van der Waals surface area contributed by atoms with Crippen LogP contribution in [0.3, 0.4) is 0 Å². The lowest BCUT2D eigenvalue weighted by molar-refractivity contribution is -0.123. The van der Waals surface area contributed by atoms with Crippen LogP contribution in [0, 0.1) is 11.8 Å². The number of nitrogens with two attached hydrogens (primary N) is 1. The maximum Gasteiger partial charge on any atom is 0.236 e. The summed E-state index contributed by atoms with van der Waals surface area (Å²) >= 11 is 0. The Morgan fingerprint density at radius 3 is 2.21 bits per heavy atom. The van der Waals surface area contributed by atoms with E-state index in [1.165, 1.54) is 6.42 Å². The molecule has 3 nitrogen and oxygen atoms in total. The average Bonchev–Trinajstić information content (AvgIpc) is 2.01. The average molecular weight is 198 g/mol. The first kappa shape index (κ1) is 11.5. The smallest absolute Gasteiger partial charge is 0.236 e. The number of carbonyl (C=O) groups is 1. The monoisotopic (exact) mass is 198 g/mol. The molecule has 0 bridgehead atoms. The number of hydrogen-bond donors (Lipinski definition) is 2. The summed E-state index contributed by atoms with van der Waals surface area (Å²) in [7, 11) is 0. The van der Waals surface area contributed by atoms with Crippen LogP contribution >= 0.6 is 0 Å². The van der Waals surface area contributed by atoms with Crippen molar-refractivity contribution in [2.24, 2.45) is 17.6 Å². The van der Waals surface area contributed by atoms with E-state index in [2.05, 4.69) is 19.2 Å². The minimum absolute atomic E-state index is 0.0173. The summed E-state index contributed by atoms with van der Waals surface area (Å²) in [5, 5.41) is 3.02. The molecule has 0 aromatic rings. The molecule has 0 aliphatic heterocycles. The first-order valence-electron chi connectivity index (χ1n) is 5.55. The molecule has 2 unspecified atom stereocenters. The topological polar surface area (TPSA) is 55.1 Å². The Kier molecular flexibility index (Phi) is 3.93. The first-order chi connectivity index (χ1) is 6.49. The van der Waals surface area contributed by atoms with Crippen LogP contribution in [0.25, 0.3) is 0 Å². The Hall–Kier alpha value is -0.570. The summed E-state index contributed by atoms with van der Waals surface area (Å²) in [6, 6.07) is -0.0465. The van der Waals surface area contributed by atoms with E-state index in [0.717, 1.165) is 24.7 Å². The van der Waals surface area contributed by atoms with Crippen molar-refractivity contribution in [3.05, 3.63) is 0 Å². The third-order valence-corrected chi connectivity index (χ3v) is 2.94. The summed E-state index contributed by atoms with van der Waals surface area (Å²) in [5.74, 6) is 1.42. The molecule has 1 aliphatic rings. The maximum absolute atomic E-state index is 11.4. The van der Waals surface area contributed by atoms with Crippen LogP contribution in [0.4, 0.5) is 0 Å². The van der Waals surface area contributed by atoms with E-state index in [1.54, 1.807) is 6.92 Å². The van der Waals surface area contributed by atoms with Gasteiger partial charge in [-0.05, 0) is 38.0 Å². The highest BCUT2D eigenvalue weighted by Gasteiger charge is 2.25. The standard InChI is InChI=1S/C11H22N2O/c1-7-4-8(2)6-10(5-7)13-11(14)9(3)12/h7-10H,4-6,12H2,1-3H3,(H,13,14)/t7?,8?,9-,10?/m0/s1. The van der Waals surface area contributed by atoms with E-state index in [1.807, 2.05) is 0 Å². The maximum atomic E-state index is 11.4. The molecule has 0 radical (unpaired) electrons. The van der Waals surface area contributed by atoms with Gasteiger partial charge in [0.2, 0.25) is 5.91 Å². The van der Waals surface area contributed by atoms with E-state index in [4.69, 9.17) is 5.73 Å². The molecule has 0 aromatic heterocycles. The zero-order valence-electron chi connectivity index (χ0n) is 9.42. The van der Waals surface area contributed by atoms with E-state index in [9.17, 15) is 4.79 Å². The van der Waals surface area contributed by atoms with Gasteiger partial charge in [0.15, 0.2) is 0 Å². The predicted molar refractivity (Wildman–Crippen MR) is 57.8 cm³/mol. The van der Waals surface area contributed by atoms with Gasteiger partial charge < -0.3 is 11.1 Å². The number of amides is 1. The highest BCUT2D eigenvalue weighted by molar-refractivity contribution is 5.81. The fourth-order valence-electron chi connectivity index (χ4n) is 2.40. The molecule has 1 saturated carbocycles. The second-order valence-corrected chi connectivity index (χ2v) is 4.91. The quantitative estimate of drug-likeness (QED) is 0.702. The lowest BCUT2D eigenvalue weighted by Gasteiger charge is -2.32. The molecule has 0 saturated heterocycles. The fourth-order valence-corrected chi connectivity index (χ4v) is 2.40. The molecule has 3 atom stereocenters. The minimum atomic E-state index is -0.387. The normalized spacial score (nSPS) is 35.0. The van der Waals surface area contributed by atoms with Gasteiger partial charge in [0.25, 0.3) is 0 Å². The molecule has 1 rings (SSSR count). The largest absolute Gasteiger partial charge is 0.352 e. The van der Waals surface area contributed by atoms with E-state index < -0.39 is 0 Å². The van der Waals surface area contributed by atoms with Crippen LogP contribution in [0.1, 0.15) is 40.0 Å². The van der Waals surface area contributed by atoms with Crippen LogP contribution in [-0.2, 0) is 4.79 Å². The molecule has 1 aliphatic carbocycles. The van der Waals surface area contributed by atoms with Crippen molar-refractivity contribution in [3.8, 4) is 0 Å². The van der Waals surface area contributed by atoms with Crippen LogP contribution in [-0.4, -0.2) is 18.0 Å². The highest BCUT2D eigenvalue weighted by atomic mass is 16.2. The molecular formula is C11H22N2O. The summed E-state index contributed by atoms with van der Waals surface area (Å²) in [5.41, 5.74) is 5.51. The van der Waals surface area contributed by atoms with Crippen molar-refractivity contribution in [2.75, 3.05) is 0 Å².